The summed E-state index contributed by atoms with van der Waals surface area (Å²) in [6.07, 6.45) is 1.65. The number of nitrogens with zero attached hydrogens (tertiary/aromatic N) is 1. The Balaban J connectivity index is 2.26. The topological polar surface area (TPSA) is 22.1 Å². The number of hydrogen-bond donors (Lipinski definition) is 0. The Kier molecular flexibility index (Phi) is 3.43. The number of hydrogen-bond acceptors (Lipinski definition) is 2. The van der Waals surface area contributed by atoms with Gasteiger partial charge in [-0.05, 0) is 52.9 Å². The molecular formula is C11H7ClINO. The average Bonchev–Trinajstić information content (AvgIpc) is 2.22. The summed E-state index contributed by atoms with van der Waals surface area (Å²) in [6, 6.07) is 11.2. The Labute approximate surface area is 106 Å². The molecule has 0 atom stereocenters. The van der Waals surface area contributed by atoms with E-state index in [1.165, 1.54) is 0 Å². The zero-order valence-electron chi connectivity index (χ0n) is 7.65. The van der Waals surface area contributed by atoms with E-state index in [0.717, 1.165) is 9.32 Å². The highest BCUT2D eigenvalue weighted by Crippen LogP contribution is 2.26. The molecule has 15 heavy (non-hydrogen) atoms. The van der Waals surface area contributed by atoms with Gasteiger partial charge in [-0.2, -0.15) is 0 Å². The van der Waals surface area contributed by atoms with Gasteiger partial charge >= 0.3 is 0 Å². The van der Waals surface area contributed by atoms with Crippen LogP contribution in [0.15, 0.2) is 42.6 Å². The lowest BCUT2D eigenvalue weighted by atomic mass is 10.3. The first-order valence-electron chi connectivity index (χ1n) is 4.29. The molecule has 0 aliphatic carbocycles. The summed E-state index contributed by atoms with van der Waals surface area (Å²) in [5.74, 6) is 1.17. The molecular weight excluding hydrogens is 324 g/mol. The van der Waals surface area contributed by atoms with Gasteiger partial charge in [0, 0.05) is 9.77 Å². The van der Waals surface area contributed by atoms with Gasteiger partial charge in [0.05, 0.1) is 0 Å². The Bertz CT molecular complexity index is 476. The molecule has 2 aromatic rings. The number of benzene rings is 1. The number of pyridine rings is 1. The molecule has 0 amide bonds. The molecule has 0 bridgehead atoms. The first-order chi connectivity index (χ1) is 7.25. The van der Waals surface area contributed by atoms with Crippen LogP contribution in [-0.2, 0) is 0 Å². The van der Waals surface area contributed by atoms with Crippen LogP contribution in [0.2, 0.25) is 5.02 Å². The van der Waals surface area contributed by atoms with Crippen molar-refractivity contribution in [3.8, 4) is 11.6 Å². The number of rotatable bonds is 2. The van der Waals surface area contributed by atoms with Crippen LogP contribution in [0.3, 0.4) is 0 Å². The van der Waals surface area contributed by atoms with Crippen LogP contribution in [0.4, 0.5) is 0 Å². The van der Waals surface area contributed by atoms with Gasteiger partial charge in [0.2, 0.25) is 5.88 Å². The summed E-state index contributed by atoms with van der Waals surface area (Å²) in [5.41, 5.74) is 0. The number of aromatic nitrogens is 1. The van der Waals surface area contributed by atoms with E-state index in [0.29, 0.717) is 10.9 Å². The first-order valence-corrected chi connectivity index (χ1v) is 5.75. The second-order valence-corrected chi connectivity index (χ2v) is 4.50. The van der Waals surface area contributed by atoms with Gasteiger partial charge in [0.1, 0.15) is 10.8 Å². The van der Waals surface area contributed by atoms with Gasteiger partial charge in [-0.15, -0.1) is 0 Å². The van der Waals surface area contributed by atoms with Crippen molar-refractivity contribution in [1.82, 2.24) is 4.98 Å². The Hall–Kier alpha value is -0.810. The quantitative estimate of drug-likeness (QED) is 0.772. The van der Waals surface area contributed by atoms with Crippen molar-refractivity contribution in [2.24, 2.45) is 0 Å². The molecule has 1 heterocycles. The van der Waals surface area contributed by atoms with Crippen molar-refractivity contribution in [2.45, 2.75) is 0 Å². The lowest BCUT2D eigenvalue weighted by Crippen LogP contribution is -1.88. The highest BCUT2D eigenvalue weighted by molar-refractivity contribution is 14.1. The predicted molar refractivity (Wildman–Crippen MR) is 68.5 cm³/mol. The molecule has 0 saturated carbocycles. The van der Waals surface area contributed by atoms with Gasteiger partial charge in [0.15, 0.2) is 0 Å². The van der Waals surface area contributed by atoms with Crippen molar-refractivity contribution in [2.75, 3.05) is 0 Å². The predicted octanol–water partition coefficient (Wildman–Crippen LogP) is 4.13. The molecule has 1 aromatic heterocycles. The van der Waals surface area contributed by atoms with Crippen LogP contribution >= 0.6 is 34.2 Å². The normalized spacial score (nSPS) is 10.0. The molecule has 0 spiro atoms. The van der Waals surface area contributed by atoms with Gasteiger partial charge in [-0.3, -0.25) is 0 Å². The van der Waals surface area contributed by atoms with Crippen molar-refractivity contribution >= 4 is 34.2 Å². The maximum Gasteiger partial charge on any atom is 0.238 e. The highest BCUT2D eigenvalue weighted by Gasteiger charge is 2.03. The van der Waals surface area contributed by atoms with Crippen LogP contribution < -0.4 is 4.74 Å². The number of halogens is 2. The van der Waals surface area contributed by atoms with E-state index in [-0.39, 0.29) is 0 Å². The van der Waals surface area contributed by atoms with Crippen LogP contribution in [0.5, 0.6) is 11.6 Å². The van der Waals surface area contributed by atoms with E-state index in [9.17, 15) is 0 Å². The summed E-state index contributed by atoms with van der Waals surface area (Å²) >= 11 is 8.15. The highest BCUT2D eigenvalue weighted by atomic mass is 127. The van der Waals surface area contributed by atoms with E-state index >= 15 is 0 Å². The fraction of sp³-hybridized carbons (Fsp3) is 0. The molecule has 2 nitrogen and oxygen atoms in total. The van der Waals surface area contributed by atoms with E-state index in [1.807, 2.05) is 24.3 Å². The first kappa shape index (κ1) is 10.7. The van der Waals surface area contributed by atoms with Crippen LogP contribution in [0.25, 0.3) is 0 Å². The minimum Gasteiger partial charge on any atom is -0.438 e. The molecule has 1 aromatic carbocycles. The van der Waals surface area contributed by atoms with Crippen LogP contribution in [-0.4, -0.2) is 4.98 Å². The van der Waals surface area contributed by atoms with Gasteiger partial charge in [-0.25, -0.2) is 4.98 Å². The van der Waals surface area contributed by atoms with E-state index < -0.39 is 0 Å². The summed E-state index contributed by atoms with van der Waals surface area (Å²) < 4.78 is 6.65. The largest absolute Gasteiger partial charge is 0.438 e. The molecule has 0 radical (unpaired) electrons. The maximum absolute atomic E-state index is 5.92. The summed E-state index contributed by atoms with van der Waals surface area (Å²) in [7, 11) is 0. The standard InChI is InChI=1S/C11H7ClINO/c12-10-5-2-6-14-11(10)15-9-4-1-3-8(13)7-9/h1-7H. The molecule has 4 heteroatoms. The monoisotopic (exact) mass is 331 g/mol. The van der Waals surface area contributed by atoms with Crippen molar-refractivity contribution in [3.05, 3.63) is 51.2 Å². The third-order valence-corrected chi connectivity index (χ3v) is 2.69. The number of ether oxygens (including phenoxy) is 1. The summed E-state index contributed by atoms with van der Waals surface area (Å²) in [6.45, 7) is 0. The Morgan fingerprint density at radius 3 is 2.80 bits per heavy atom. The Morgan fingerprint density at radius 2 is 2.07 bits per heavy atom. The lowest BCUT2D eigenvalue weighted by Gasteiger charge is -2.05. The lowest BCUT2D eigenvalue weighted by molar-refractivity contribution is 0.463. The average molecular weight is 332 g/mol. The van der Waals surface area contributed by atoms with Crippen molar-refractivity contribution in [3.63, 3.8) is 0 Å². The maximum atomic E-state index is 5.92. The summed E-state index contributed by atoms with van der Waals surface area (Å²) in [4.78, 5) is 4.05. The fourth-order valence-electron chi connectivity index (χ4n) is 1.09. The fourth-order valence-corrected chi connectivity index (χ4v) is 1.76. The van der Waals surface area contributed by atoms with E-state index in [2.05, 4.69) is 27.6 Å². The van der Waals surface area contributed by atoms with E-state index in [1.54, 1.807) is 18.3 Å². The van der Waals surface area contributed by atoms with Crippen molar-refractivity contribution in [1.29, 1.82) is 0 Å². The zero-order chi connectivity index (χ0) is 10.7. The molecule has 0 saturated heterocycles. The van der Waals surface area contributed by atoms with Gasteiger partial charge in [-0.1, -0.05) is 17.7 Å². The van der Waals surface area contributed by atoms with Gasteiger partial charge < -0.3 is 4.74 Å². The third-order valence-electron chi connectivity index (χ3n) is 1.74. The minimum absolute atomic E-state index is 0.432. The Morgan fingerprint density at radius 1 is 1.20 bits per heavy atom. The van der Waals surface area contributed by atoms with E-state index in [4.69, 9.17) is 16.3 Å². The third kappa shape index (κ3) is 2.82. The minimum atomic E-state index is 0.432. The molecule has 76 valence electrons. The molecule has 0 unspecified atom stereocenters. The second kappa shape index (κ2) is 4.81. The summed E-state index contributed by atoms with van der Waals surface area (Å²) in [5, 5.41) is 0.511. The van der Waals surface area contributed by atoms with Crippen LogP contribution in [0, 0.1) is 3.57 Å². The zero-order valence-corrected chi connectivity index (χ0v) is 10.6. The molecule has 0 aliphatic rings. The van der Waals surface area contributed by atoms with Crippen molar-refractivity contribution < 1.29 is 4.74 Å². The second-order valence-electron chi connectivity index (χ2n) is 2.85. The van der Waals surface area contributed by atoms with Gasteiger partial charge in [0.25, 0.3) is 0 Å². The molecule has 0 N–H and O–H groups in total. The molecule has 0 aliphatic heterocycles. The molecule has 0 fully saturated rings. The van der Waals surface area contributed by atoms with Crippen LogP contribution in [0.1, 0.15) is 0 Å². The molecule has 2 rings (SSSR count). The smallest absolute Gasteiger partial charge is 0.238 e. The SMILES string of the molecule is Clc1cccnc1Oc1cccc(I)c1.